The van der Waals surface area contributed by atoms with Crippen molar-refractivity contribution >= 4 is 23.1 Å². The van der Waals surface area contributed by atoms with E-state index >= 15 is 0 Å². The van der Waals surface area contributed by atoms with Crippen molar-refractivity contribution in [3.8, 4) is 21.6 Å². The molecule has 0 bridgehead atoms. The third kappa shape index (κ3) is 3.54. The van der Waals surface area contributed by atoms with E-state index in [1.807, 2.05) is 24.4 Å². The number of nitrogens with one attached hydrogen (secondary N) is 1. The van der Waals surface area contributed by atoms with Crippen LogP contribution in [0.4, 0.5) is 5.82 Å². The Morgan fingerprint density at radius 3 is 2.79 bits per heavy atom. The highest BCUT2D eigenvalue weighted by molar-refractivity contribution is 7.17. The molecule has 0 fully saturated rings. The zero-order valence-electron chi connectivity index (χ0n) is 15.6. The lowest BCUT2D eigenvalue weighted by Gasteiger charge is -2.09. The second-order valence-corrected chi connectivity index (χ2v) is 7.93. The quantitative estimate of drug-likeness (QED) is 0.527. The third-order valence-electron chi connectivity index (χ3n) is 5.01. The lowest BCUT2D eigenvalue weighted by atomic mass is 9.98. The minimum absolute atomic E-state index is 0.216. The Morgan fingerprint density at radius 2 is 1.97 bits per heavy atom. The van der Waals surface area contributed by atoms with E-state index in [-0.39, 0.29) is 5.91 Å². The molecule has 1 aromatic carbocycles. The summed E-state index contributed by atoms with van der Waals surface area (Å²) < 4.78 is 0. The van der Waals surface area contributed by atoms with Gasteiger partial charge in [-0.3, -0.25) is 9.78 Å². The van der Waals surface area contributed by atoms with Crippen LogP contribution in [-0.2, 0) is 12.8 Å². The van der Waals surface area contributed by atoms with Crippen LogP contribution in [0.15, 0.2) is 67.1 Å². The highest BCUT2D eigenvalue weighted by Gasteiger charge is 2.22. The van der Waals surface area contributed by atoms with Crippen molar-refractivity contribution in [2.45, 2.75) is 19.3 Å². The van der Waals surface area contributed by atoms with Crippen LogP contribution in [-0.4, -0.2) is 20.9 Å². The summed E-state index contributed by atoms with van der Waals surface area (Å²) in [5.41, 5.74) is 5.68. The summed E-state index contributed by atoms with van der Waals surface area (Å²) in [7, 11) is 0. The van der Waals surface area contributed by atoms with E-state index in [2.05, 4.69) is 44.5 Å². The first kappa shape index (κ1) is 17.7. The van der Waals surface area contributed by atoms with Crippen molar-refractivity contribution in [1.29, 1.82) is 0 Å². The molecule has 5 rings (SSSR count). The molecule has 3 aromatic heterocycles. The van der Waals surface area contributed by atoms with Gasteiger partial charge in [0.15, 0.2) is 5.01 Å². The maximum atomic E-state index is 12.7. The van der Waals surface area contributed by atoms with Gasteiger partial charge in [0.25, 0.3) is 5.91 Å². The van der Waals surface area contributed by atoms with E-state index < -0.39 is 0 Å². The molecule has 0 aliphatic heterocycles. The highest BCUT2D eigenvalue weighted by Crippen LogP contribution is 2.39. The first-order chi connectivity index (χ1) is 14.3. The summed E-state index contributed by atoms with van der Waals surface area (Å²) in [5.74, 6) is 0.314. The van der Waals surface area contributed by atoms with Crippen LogP contribution in [0.1, 0.15) is 27.5 Å². The van der Waals surface area contributed by atoms with Crippen LogP contribution in [0, 0.1) is 0 Å². The van der Waals surface area contributed by atoms with E-state index in [0.29, 0.717) is 10.8 Å². The summed E-state index contributed by atoms with van der Waals surface area (Å²) in [6.45, 7) is 0. The number of thiazole rings is 1. The summed E-state index contributed by atoms with van der Waals surface area (Å²) in [6.07, 6.45) is 8.22. The maximum Gasteiger partial charge on any atom is 0.285 e. The van der Waals surface area contributed by atoms with Crippen molar-refractivity contribution in [2.24, 2.45) is 0 Å². The van der Waals surface area contributed by atoms with Crippen molar-refractivity contribution in [3.63, 3.8) is 0 Å². The SMILES string of the molecule is O=C(Nc1ccccn1)c1nc2c(s1)-c1cc(-c3cccnc3)ccc1CCC2. The predicted molar refractivity (Wildman–Crippen MR) is 115 cm³/mol. The first-order valence-corrected chi connectivity index (χ1v) is 10.4. The Morgan fingerprint density at radius 1 is 1.00 bits per heavy atom. The number of amides is 1. The highest BCUT2D eigenvalue weighted by atomic mass is 32.1. The molecule has 1 aliphatic carbocycles. The number of anilines is 1. The van der Waals surface area contributed by atoms with Gasteiger partial charge in [0.2, 0.25) is 0 Å². The number of hydrogen-bond donors (Lipinski definition) is 1. The molecule has 3 heterocycles. The number of carbonyl (C=O) groups excluding carboxylic acids is 1. The lowest BCUT2D eigenvalue weighted by Crippen LogP contribution is -2.12. The van der Waals surface area contributed by atoms with E-state index in [1.165, 1.54) is 22.5 Å². The normalized spacial score (nSPS) is 12.6. The molecule has 1 N–H and O–H groups in total. The first-order valence-electron chi connectivity index (χ1n) is 9.54. The summed E-state index contributed by atoms with van der Waals surface area (Å²) in [5, 5.41) is 3.31. The van der Waals surface area contributed by atoms with Crippen LogP contribution in [0.2, 0.25) is 0 Å². The van der Waals surface area contributed by atoms with Crippen LogP contribution in [0.5, 0.6) is 0 Å². The number of nitrogens with zero attached hydrogens (tertiary/aromatic N) is 3. The van der Waals surface area contributed by atoms with Crippen molar-refractivity contribution in [1.82, 2.24) is 15.0 Å². The number of pyridine rings is 2. The molecule has 142 valence electrons. The molecule has 29 heavy (non-hydrogen) atoms. The number of aryl methyl sites for hydroxylation is 2. The van der Waals surface area contributed by atoms with E-state index in [1.54, 1.807) is 18.5 Å². The Balaban J connectivity index is 1.53. The van der Waals surface area contributed by atoms with Gasteiger partial charge in [-0.2, -0.15) is 0 Å². The maximum absolute atomic E-state index is 12.7. The molecule has 0 atom stereocenters. The Bertz CT molecular complexity index is 1170. The fraction of sp³-hybridized carbons (Fsp3) is 0.130. The van der Waals surface area contributed by atoms with Crippen molar-refractivity contribution in [3.05, 3.63) is 83.4 Å². The second-order valence-electron chi connectivity index (χ2n) is 6.93. The Labute approximate surface area is 172 Å². The number of fused-ring (bicyclic) bond motifs is 3. The van der Waals surface area contributed by atoms with Gasteiger partial charge in [0.05, 0.1) is 10.6 Å². The zero-order chi connectivity index (χ0) is 19.6. The van der Waals surface area contributed by atoms with Gasteiger partial charge in [-0.05, 0) is 60.2 Å². The fourth-order valence-electron chi connectivity index (χ4n) is 3.60. The van der Waals surface area contributed by atoms with Crippen LogP contribution >= 0.6 is 11.3 Å². The smallest absolute Gasteiger partial charge is 0.285 e. The van der Waals surface area contributed by atoms with Gasteiger partial charge in [-0.25, -0.2) is 9.97 Å². The van der Waals surface area contributed by atoms with E-state index in [4.69, 9.17) is 0 Å². The molecule has 0 radical (unpaired) electrons. The Hall–Kier alpha value is -3.38. The third-order valence-corrected chi connectivity index (χ3v) is 6.14. The average molecular weight is 398 g/mol. The van der Waals surface area contributed by atoms with Crippen LogP contribution in [0.25, 0.3) is 21.6 Å². The van der Waals surface area contributed by atoms with Gasteiger partial charge in [0.1, 0.15) is 5.82 Å². The molecule has 6 heteroatoms. The molecule has 0 saturated carbocycles. The van der Waals surface area contributed by atoms with Crippen LogP contribution in [0.3, 0.4) is 0 Å². The average Bonchev–Trinajstić information content (AvgIpc) is 3.12. The molecule has 0 spiro atoms. The molecule has 0 unspecified atom stereocenters. The summed E-state index contributed by atoms with van der Waals surface area (Å²) in [4.78, 5) is 26.9. The second kappa shape index (κ2) is 7.56. The Kier molecular flexibility index (Phi) is 4.62. The number of carbonyl (C=O) groups is 1. The number of rotatable bonds is 3. The minimum Gasteiger partial charge on any atom is -0.304 e. The van der Waals surface area contributed by atoms with Crippen molar-refractivity contribution in [2.75, 3.05) is 5.32 Å². The molecular formula is C23H18N4OS. The van der Waals surface area contributed by atoms with Gasteiger partial charge in [-0.1, -0.05) is 24.3 Å². The largest absolute Gasteiger partial charge is 0.304 e. The summed E-state index contributed by atoms with van der Waals surface area (Å²) >= 11 is 1.46. The van der Waals surface area contributed by atoms with E-state index in [0.717, 1.165) is 41.0 Å². The fourth-order valence-corrected chi connectivity index (χ4v) is 4.66. The van der Waals surface area contributed by atoms with Gasteiger partial charge >= 0.3 is 0 Å². The number of hydrogen-bond acceptors (Lipinski definition) is 5. The van der Waals surface area contributed by atoms with E-state index in [9.17, 15) is 4.79 Å². The topological polar surface area (TPSA) is 67.8 Å². The number of aromatic nitrogens is 3. The zero-order valence-corrected chi connectivity index (χ0v) is 16.4. The van der Waals surface area contributed by atoms with Crippen molar-refractivity contribution < 1.29 is 4.79 Å². The van der Waals surface area contributed by atoms with Gasteiger partial charge in [0, 0.05) is 24.2 Å². The standard InChI is InChI=1S/C23H18N4OS/c28-22(27-20-8-1-2-12-25-20)23-26-19-7-3-5-15-9-10-16(13-18(15)21(19)29-23)17-6-4-11-24-14-17/h1-2,4,6,8-14H,3,5,7H2,(H,25,27,28). The molecular weight excluding hydrogens is 380 g/mol. The molecule has 0 saturated heterocycles. The van der Waals surface area contributed by atoms with Gasteiger partial charge in [-0.15, -0.1) is 11.3 Å². The monoisotopic (exact) mass is 398 g/mol. The predicted octanol–water partition coefficient (Wildman–Crippen LogP) is 5.01. The lowest BCUT2D eigenvalue weighted by molar-refractivity contribution is 0.102. The molecule has 1 amide bonds. The molecule has 4 aromatic rings. The van der Waals surface area contributed by atoms with Gasteiger partial charge < -0.3 is 5.32 Å². The summed E-state index contributed by atoms with van der Waals surface area (Å²) in [6, 6.07) is 16.0. The molecule has 5 nitrogen and oxygen atoms in total. The number of benzene rings is 1. The molecule has 1 aliphatic rings. The van der Waals surface area contributed by atoms with Crippen LogP contribution < -0.4 is 5.32 Å². The minimum atomic E-state index is -0.216.